The highest BCUT2D eigenvalue weighted by atomic mass is 32.2. The molecule has 0 radical (unpaired) electrons. The Balaban J connectivity index is 2.18. The van der Waals surface area contributed by atoms with E-state index in [4.69, 9.17) is 0 Å². The smallest absolute Gasteiger partial charge is 0.165 e. The first-order chi connectivity index (χ1) is 9.91. The Morgan fingerprint density at radius 1 is 1.19 bits per heavy atom. The minimum Gasteiger partial charge on any atom is -0.317 e. The second-order valence-corrected chi connectivity index (χ2v) is 7.50. The van der Waals surface area contributed by atoms with Crippen LogP contribution >= 0.6 is 11.8 Å². The Morgan fingerprint density at radius 3 is 2.67 bits per heavy atom. The van der Waals surface area contributed by atoms with Crippen LogP contribution in [0.15, 0.2) is 35.2 Å². The second kappa shape index (κ2) is 5.06. The van der Waals surface area contributed by atoms with Crippen molar-refractivity contribution in [3.8, 4) is 5.69 Å². The van der Waals surface area contributed by atoms with E-state index in [9.17, 15) is 4.79 Å². The SMILES string of the molecule is CSc1cccc(-n2c(C)cc3c2CC(C)(C)CC3=O)c1. The van der Waals surface area contributed by atoms with E-state index < -0.39 is 0 Å². The van der Waals surface area contributed by atoms with E-state index in [1.807, 2.05) is 0 Å². The van der Waals surface area contributed by atoms with Crippen molar-refractivity contribution >= 4 is 17.5 Å². The van der Waals surface area contributed by atoms with Gasteiger partial charge >= 0.3 is 0 Å². The van der Waals surface area contributed by atoms with Crippen LogP contribution in [0.3, 0.4) is 0 Å². The predicted molar refractivity (Wildman–Crippen MR) is 88.7 cm³/mol. The fraction of sp³-hybridized carbons (Fsp3) is 0.389. The lowest BCUT2D eigenvalue weighted by molar-refractivity contribution is 0.0911. The maximum Gasteiger partial charge on any atom is 0.165 e. The van der Waals surface area contributed by atoms with Gasteiger partial charge < -0.3 is 4.57 Å². The number of ketones is 1. The van der Waals surface area contributed by atoms with Gasteiger partial charge in [0.2, 0.25) is 0 Å². The highest BCUT2D eigenvalue weighted by Crippen LogP contribution is 2.37. The van der Waals surface area contributed by atoms with E-state index in [2.05, 4.69) is 61.9 Å². The maximum absolute atomic E-state index is 12.4. The van der Waals surface area contributed by atoms with E-state index in [-0.39, 0.29) is 11.2 Å². The van der Waals surface area contributed by atoms with E-state index in [0.717, 1.165) is 23.4 Å². The van der Waals surface area contributed by atoms with Crippen molar-refractivity contribution in [3.05, 3.63) is 47.3 Å². The van der Waals surface area contributed by atoms with Crippen LogP contribution in [-0.4, -0.2) is 16.6 Å². The third-order valence-corrected chi connectivity index (χ3v) is 4.91. The first-order valence-corrected chi connectivity index (χ1v) is 8.52. The molecule has 0 bridgehead atoms. The molecule has 1 aliphatic carbocycles. The molecule has 2 aromatic rings. The van der Waals surface area contributed by atoms with Gasteiger partial charge in [-0.25, -0.2) is 0 Å². The summed E-state index contributed by atoms with van der Waals surface area (Å²) in [5.41, 5.74) is 4.44. The molecule has 2 nitrogen and oxygen atoms in total. The van der Waals surface area contributed by atoms with Gasteiger partial charge in [0.15, 0.2) is 5.78 Å². The summed E-state index contributed by atoms with van der Waals surface area (Å²) < 4.78 is 2.26. The molecule has 1 heterocycles. The van der Waals surface area contributed by atoms with Gasteiger partial charge in [-0.2, -0.15) is 0 Å². The van der Waals surface area contributed by atoms with Crippen molar-refractivity contribution in [1.29, 1.82) is 0 Å². The molecule has 0 spiro atoms. The van der Waals surface area contributed by atoms with Gasteiger partial charge in [-0.05, 0) is 49.3 Å². The number of nitrogens with zero attached hydrogens (tertiary/aromatic N) is 1. The lowest BCUT2D eigenvalue weighted by Gasteiger charge is -2.30. The molecule has 0 saturated heterocycles. The highest BCUT2D eigenvalue weighted by molar-refractivity contribution is 7.98. The average molecular weight is 299 g/mol. The monoisotopic (exact) mass is 299 g/mol. The zero-order chi connectivity index (χ0) is 15.2. The number of hydrogen-bond acceptors (Lipinski definition) is 2. The zero-order valence-corrected chi connectivity index (χ0v) is 13.9. The topological polar surface area (TPSA) is 22.0 Å². The number of rotatable bonds is 2. The van der Waals surface area contributed by atoms with Gasteiger partial charge in [-0.15, -0.1) is 11.8 Å². The molecule has 0 atom stereocenters. The van der Waals surface area contributed by atoms with Crippen molar-refractivity contribution in [2.75, 3.05) is 6.26 Å². The van der Waals surface area contributed by atoms with Crippen LogP contribution < -0.4 is 0 Å². The lowest BCUT2D eigenvalue weighted by atomic mass is 9.76. The van der Waals surface area contributed by atoms with Crippen LogP contribution in [0.2, 0.25) is 0 Å². The van der Waals surface area contributed by atoms with E-state index >= 15 is 0 Å². The molecule has 3 rings (SSSR count). The lowest BCUT2D eigenvalue weighted by Crippen LogP contribution is -2.27. The summed E-state index contributed by atoms with van der Waals surface area (Å²) in [4.78, 5) is 13.6. The second-order valence-electron chi connectivity index (χ2n) is 6.62. The molecule has 0 N–H and O–H groups in total. The summed E-state index contributed by atoms with van der Waals surface area (Å²) in [5.74, 6) is 0.282. The molecule has 0 unspecified atom stereocenters. The molecule has 110 valence electrons. The number of carbonyl (C=O) groups is 1. The zero-order valence-electron chi connectivity index (χ0n) is 13.1. The quantitative estimate of drug-likeness (QED) is 0.752. The summed E-state index contributed by atoms with van der Waals surface area (Å²) >= 11 is 1.74. The Hall–Kier alpha value is -1.48. The molecule has 0 fully saturated rings. The third kappa shape index (κ3) is 2.55. The van der Waals surface area contributed by atoms with E-state index in [0.29, 0.717) is 6.42 Å². The highest BCUT2D eigenvalue weighted by Gasteiger charge is 2.34. The summed E-state index contributed by atoms with van der Waals surface area (Å²) in [6.45, 7) is 6.45. The van der Waals surface area contributed by atoms with Crippen LogP contribution in [0.1, 0.15) is 42.0 Å². The van der Waals surface area contributed by atoms with Crippen LogP contribution in [0, 0.1) is 12.3 Å². The molecular weight excluding hydrogens is 278 g/mol. The Bertz CT molecular complexity index is 712. The Kier molecular flexibility index (Phi) is 3.48. The fourth-order valence-electron chi connectivity index (χ4n) is 3.26. The minimum absolute atomic E-state index is 0.0454. The molecule has 0 saturated carbocycles. The van der Waals surface area contributed by atoms with Crippen molar-refractivity contribution in [2.24, 2.45) is 5.41 Å². The van der Waals surface area contributed by atoms with Crippen LogP contribution in [0.25, 0.3) is 5.69 Å². The maximum atomic E-state index is 12.4. The molecular formula is C18H21NOS. The van der Waals surface area contributed by atoms with Crippen molar-refractivity contribution in [2.45, 2.75) is 38.5 Å². The number of aryl methyl sites for hydroxylation is 1. The fourth-order valence-corrected chi connectivity index (χ4v) is 3.71. The molecule has 0 amide bonds. The van der Waals surface area contributed by atoms with Crippen LogP contribution in [0.4, 0.5) is 0 Å². The van der Waals surface area contributed by atoms with Gasteiger partial charge in [0.25, 0.3) is 0 Å². The van der Waals surface area contributed by atoms with Crippen LogP contribution in [-0.2, 0) is 6.42 Å². The molecule has 1 aromatic carbocycles. The molecule has 21 heavy (non-hydrogen) atoms. The minimum atomic E-state index is 0.0454. The third-order valence-electron chi connectivity index (χ3n) is 4.18. The largest absolute Gasteiger partial charge is 0.317 e. The summed E-state index contributed by atoms with van der Waals surface area (Å²) in [6, 6.07) is 10.6. The van der Waals surface area contributed by atoms with Gasteiger partial charge in [0.1, 0.15) is 0 Å². The number of hydrogen-bond donors (Lipinski definition) is 0. The van der Waals surface area contributed by atoms with Gasteiger partial charge in [0, 0.05) is 34.0 Å². The Labute approximate surface area is 130 Å². The predicted octanol–water partition coefficient (Wildman–Crippen LogP) is 4.66. The van der Waals surface area contributed by atoms with E-state index in [1.165, 1.54) is 10.6 Å². The number of carbonyl (C=O) groups excluding carboxylic acids is 1. The Morgan fingerprint density at radius 2 is 1.95 bits per heavy atom. The number of Topliss-reactive ketones (excluding diaryl/α,β-unsaturated/α-hetero) is 1. The molecule has 1 aromatic heterocycles. The molecule has 1 aliphatic rings. The van der Waals surface area contributed by atoms with Gasteiger partial charge in [-0.3, -0.25) is 4.79 Å². The normalized spacial score (nSPS) is 16.9. The van der Waals surface area contributed by atoms with Crippen molar-refractivity contribution in [1.82, 2.24) is 4.57 Å². The van der Waals surface area contributed by atoms with Gasteiger partial charge in [0.05, 0.1) is 0 Å². The van der Waals surface area contributed by atoms with Crippen molar-refractivity contribution in [3.63, 3.8) is 0 Å². The van der Waals surface area contributed by atoms with Crippen LogP contribution in [0.5, 0.6) is 0 Å². The first-order valence-electron chi connectivity index (χ1n) is 7.30. The molecule has 0 aliphatic heterocycles. The summed E-state index contributed by atoms with van der Waals surface area (Å²) in [7, 11) is 0. The van der Waals surface area contributed by atoms with Gasteiger partial charge in [-0.1, -0.05) is 19.9 Å². The first kappa shape index (κ1) is 14.5. The number of aromatic nitrogens is 1. The number of benzene rings is 1. The summed E-state index contributed by atoms with van der Waals surface area (Å²) in [6.07, 6.45) is 3.68. The van der Waals surface area contributed by atoms with Crippen molar-refractivity contribution < 1.29 is 4.79 Å². The molecule has 3 heteroatoms. The number of thioether (sulfide) groups is 1. The standard InChI is InChI=1S/C18H21NOS/c1-12-8-15-16(10-18(2,3)11-17(15)20)19(12)13-6-5-7-14(9-13)21-4/h5-9H,10-11H2,1-4H3. The number of fused-ring (bicyclic) bond motifs is 1. The summed E-state index contributed by atoms with van der Waals surface area (Å²) in [5, 5.41) is 0. The average Bonchev–Trinajstić information content (AvgIpc) is 2.74. The van der Waals surface area contributed by atoms with E-state index in [1.54, 1.807) is 11.8 Å².